The van der Waals surface area contributed by atoms with Crippen LogP contribution in [0, 0.1) is 5.92 Å². The molecule has 0 radical (unpaired) electrons. The van der Waals surface area contributed by atoms with Crippen LogP contribution in [0.4, 0.5) is 0 Å². The fourth-order valence-electron chi connectivity index (χ4n) is 1.65. The Morgan fingerprint density at radius 2 is 1.58 bits per heavy atom. The molecule has 1 saturated carbocycles. The Morgan fingerprint density at radius 1 is 1.17 bits per heavy atom. The van der Waals surface area contributed by atoms with Crippen molar-refractivity contribution in [3.05, 3.63) is 0 Å². The zero-order chi connectivity index (χ0) is 9.30. The maximum atomic E-state index is 11.7. The molecule has 0 aromatic carbocycles. The second-order valence-electron chi connectivity index (χ2n) is 4.21. The molecule has 70 valence electrons. The normalized spacial score (nSPS) is 17.2. The molecule has 0 atom stereocenters. The van der Waals surface area contributed by atoms with E-state index in [9.17, 15) is 4.79 Å². The van der Waals surface area contributed by atoms with E-state index >= 15 is 0 Å². The van der Waals surface area contributed by atoms with Crippen LogP contribution in [0.2, 0.25) is 0 Å². The minimum Gasteiger partial charge on any atom is -0.338 e. The molecule has 0 saturated heterocycles. The Bertz CT molecular complexity index is 163. The van der Waals surface area contributed by atoms with Gasteiger partial charge in [-0.05, 0) is 40.5 Å². The van der Waals surface area contributed by atoms with E-state index < -0.39 is 0 Å². The van der Waals surface area contributed by atoms with Crippen LogP contribution in [0.15, 0.2) is 0 Å². The molecule has 0 heterocycles. The molecule has 0 aliphatic heterocycles. The van der Waals surface area contributed by atoms with Gasteiger partial charge >= 0.3 is 0 Å². The summed E-state index contributed by atoms with van der Waals surface area (Å²) >= 11 is 0. The lowest BCUT2D eigenvalue weighted by Crippen LogP contribution is -2.42. The molecule has 1 aliphatic carbocycles. The summed E-state index contributed by atoms with van der Waals surface area (Å²) in [7, 11) is 0. The van der Waals surface area contributed by atoms with Crippen molar-refractivity contribution in [2.75, 3.05) is 0 Å². The number of carbonyl (C=O) groups excluding carboxylic acids is 1. The van der Waals surface area contributed by atoms with Crippen molar-refractivity contribution in [2.45, 2.75) is 52.6 Å². The Kier molecular flexibility index (Phi) is 2.76. The first kappa shape index (κ1) is 9.56. The van der Waals surface area contributed by atoms with Crippen LogP contribution in [-0.4, -0.2) is 22.9 Å². The predicted octanol–water partition coefficient (Wildman–Crippen LogP) is 2.04. The molecule has 1 aliphatic rings. The number of hydrogen-bond donors (Lipinski definition) is 0. The van der Waals surface area contributed by atoms with Crippen molar-refractivity contribution >= 4 is 5.91 Å². The van der Waals surface area contributed by atoms with Crippen molar-refractivity contribution in [3.8, 4) is 0 Å². The average Bonchev–Trinajstić information content (AvgIpc) is 2.64. The zero-order valence-corrected chi connectivity index (χ0v) is 8.50. The molecule has 0 aromatic heterocycles. The van der Waals surface area contributed by atoms with E-state index in [0.29, 0.717) is 23.9 Å². The van der Waals surface area contributed by atoms with Gasteiger partial charge in [0, 0.05) is 18.0 Å². The Morgan fingerprint density at radius 3 is 1.83 bits per heavy atom. The standard InChI is InChI=1S/C10H19NO/c1-7(2)11(8(3)4)10(12)9-5-6-9/h7-9H,5-6H2,1-4H3. The van der Waals surface area contributed by atoms with Crippen molar-refractivity contribution in [1.29, 1.82) is 0 Å². The first-order valence-corrected chi connectivity index (χ1v) is 4.86. The van der Waals surface area contributed by atoms with Gasteiger partial charge < -0.3 is 4.90 Å². The first-order chi connectivity index (χ1) is 5.54. The van der Waals surface area contributed by atoms with E-state index in [0.717, 1.165) is 12.8 Å². The van der Waals surface area contributed by atoms with E-state index in [-0.39, 0.29) is 0 Å². The highest BCUT2D eigenvalue weighted by Crippen LogP contribution is 2.32. The summed E-state index contributed by atoms with van der Waals surface area (Å²) in [5.74, 6) is 0.717. The summed E-state index contributed by atoms with van der Waals surface area (Å²) in [5, 5.41) is 0. The van der Waals surface area contributed by atoms with Gasteiger partial charge in [-0.1, -0.05) is 0 Å². The average molecular weight is 169 g/mol. The Hall–Kier alpha value is -0.530. The van der Waals surface area contributed by atoms with Gasteiger partial charge in [-0.3, -0.25) is 4.79 Å². The third-order valence-electron chi connectivity index (χ3n) is 2.29. The van der Waals surface area contributed by atoms with Crippen LogP contribution >= 0.6 is 0 Å². The molecule has 12 heavy (non-hydrogen) atoms. The van der Waals surface area contributed by atoms with Crippen molar-refractivity contribution in [2.24, 2.45) is 5.92 Å². The van der Waals surface area contributed by atoms with Crippen molar-refractivity contribution < 1.29 is 4.79 Å². The predicted molar refractivity (Wildman–Crippen MR) is 49.8 cm³/mol. The van der Waals surface area contributed by atoms with Gasteiger partial charge in [-0.2, -0.15) is 0 Å². The van der Waals surface area contributed by atoms with Gasteiger partial charge in [0.2, 0.25) is 5.91 Å². The molecule has 0 N–H and O–H groups in total. The SMILES string of the molecule is CC(C)N(C(=O)C1CC1)C(C)C. The second-order valence-corrected chi connectivity index (χ2v) is 4.21. The minimum absolute atomic E-state index is 0.345. The van der Waals surface area contributed by atoms with E-state index in [1.165, 1.54) is 0 Å². The molecule has 1 amide bonds. The first-order valence-electron chi connectivity index (χ1n) is 4.86. The fourth-order valence-corrected chi connectivity index (χ4v) is 1.65. The van der Waals surface area contributed by atoms with Crippen LogP contribution < -0.4 is 0 Å². The van der Waals surface area contributed by atoms with Gasteiger partial charge in [0.1, 0.15) is 0 Å². The van der Waals surface area contributed by atoms with Gasteiger partial charge in [-0.25, -0.2) is 0 Å². The highest BCUT2D eigenvalue weighted by molar-refractivity contribution is 5.81. The molecule has 2 nitrogen and oxygen atoms in total. The summed E-state index contributed by atoms with van der Waals surface area (Å²) in [5.41, 5.74) is 0. The summed E-state index contributed by atoms with van der Waals surface area (Å²) in [6.45, 7) is 8.33. The van der Waals surface area contributed by atoms with Crippen molar-refractivity contribution in [3.63, 3.8) is 0 Å². The maximum Gasteiger partial charge on any atom is 0.226 e. The fraction of sp³-hybridized carbons (Fsp3) is 0.900. The third kappa shape index (κ3) is 1.99. The Labute approximate surface area is 74.9 Å². The highest BCUT2D eigenvalue weighted by atomic mass is 16.2. The zero-order valence-electron chi connectivity index (χ0n) is 8.50. The molecule has 0 aromatic rings. The van der Waals surface area contributed by atoms with E-state index in [2.05, 4.69) is 27.7 Å². The van der Waals surface area contributed by atoms with E-state index in [1.807, 2.05) is 4.90 Å². The van der Waals surface area contributed by atoms with Crippen molar-refractivity contribution in [1.82, 2.24) is 4.90 Å². The second kappa shape index (κ2) is 3.46. The van der Waals surface area contributed by atoms with Gasteiger partial charge in [0.25, 0.3) is 0 Å². The maximum absolute atomic E-state index is 11.7. The topological polar surface area (TPSA) is 20.3 Å². The number of nitrogens with zero attached hydrogens (tertiary/aromatic N) is 1. The van der Waals surface area contributed by atoms with Crippen LogP contribution in [-0.2, 0) is 4.79 Å². The number of hydrogen-bond acceptors (Lipinski definition) is 1. The summed E-state index contributed by atoms with van der Waals surface area (Å²) in [6, 6.07) is 0.691. The lowest BCUT2D eigenvalue weighted by molar-refractivity contribution is -0.136. The minimum atomic E-state index is 0.345. The molecule has 0 bridgehead atoms. The summed E-state index contributed by atoms with van der Waals surface area (Å²) in [6.07, 6.45) is 2.21. The molecular formula is C10H19NO. The van der Waals surface area contributed by atoms with E-state index in [4.69, 9.17) is 0 Å². The molecule has 2 heteroatoms. The van der Waals surface area contributed by atoms with Crippen LogP contribution in [0.25, 0.3) is 0 Å². The third-order valence-corrected chi connectivity index (χ3v) is 2.29. The lowest BCUT2D eigenvalue weighted by Gasteiger charge is -2.30. The summed E-state index contributed by atoms with van der Waals surface area (Å²) < 4.78 is 0. The molecule has 0 unspecified atom stereocenters. The molecule has 1 rings (SSSR count). The number of carbonyl (C=O) groups is 1. The lowest BCUT2D eigenvalue weighted by atomic mass is 10.2. The highest BCUT2D eigenvalue weighted by Gasteiger charge is 2.35. The monoisotopic (exact) mass is 169 g/mol. The molecule has 0 spiro atoms. The van der Waals surface area contributed by atoms with Crippen LogP contribution in [0.3, 0.4) is 0 Å². The smallest absolute Gasteiger partial charge is 0.226 e. The molecular weight excluding hydrogens is 150 g/mol. The number of amides is 1. The largest absolute Gasteiger partial charge is 0.338 e. The summed E-state index contributed by atoms with van der Waals surface area (Å²) in [4.78, 5) is 13.7. The van der Waals surface area contributed by atoms with Crippen LogP contribution in [0.5, 0.6) is 0 Å². The number of rotatable bonds is 3. The Balaban J connectivity index is 2.57. The van der Waals surface area contributed by atoms with Crippen LogP contribution in [0.1, 0.15) is 40.5 Å². The van der Waals surface area contributed by atoms with Gasteiger partial charge in [0.15, 0.2) is 0 Å². The molecule has 1 fully saturated rings. The van der Waals surface area contributed by atoms with Gasteiger partial charge in [0.05, 0.1) is 0 Å². The van der Waals surface area contributed by atoms with E-state index in [1.54, 1.807) is 0 Å². The van der Waals surface area contributed by atoms with Gasteiger partial charge in [-0.15, -0.1) is 0 Å². The quantitative estimate of drug-likeness (QED) is 0.633.